The number of nitrogens with zero attached hydrogens (tertiary/aromatic N) is 4. The number of allylic oxidation sites excluding steroid dienone is 4. The number of pyridine rings is 1. The minimum absolute atomic E-state index is 0.0179. The summed E-state index contributed by atoms with van der Waals surface area (Å²) in [7, 11) is 0. The number of benzene rings is 1. The van der Waals surface area contributed by atoms with Gasteiger partial charge in [-0.2, -0.15) is 4.68 Å². The van der Waals surface area contributed by atoms with Crippen LogP contribution in [-0.4, -0.2) is 24.0 Å². The molecule has 0 fully saturated rings. The van der Waals surface area contributed by atoms with Crippen LogP contribution in [0, 0.1) is 0 Å². The van der Waals surface area contributed by atoms with Gasteiger partial charge >= 0.3 is 5.69 Å². The average molecular weight is 419 g/mol. The fourth-order valence-electron chi connectivity index (χ4n) is 3.17. The van der Waals surface area contributed by atoms with Gasteiger partial charge in [0.2, 0.25) is 0 Å². The van der Waals surface area contributed by atoms with Crippen LogP contribution in [0.1, 0.15) is 26.6 Å². The van der Waals surface area contributed by atoms with Crippen LogP contribution in [0.15, 0.2) is 57.0 Å². The summed E-state index contributed by atoms with van der Waals surface area (Å²) in [5, 5.41) is 14.6. The summed E-state index contributed by atoms with van der Waals surface area (Å²) in [6.07, 6.45) is 2.67. The van der Waals surface area contributed by atoms with Crippen LogP contribution in [0.25, 0.3) is 22.2 Å². The van der Waals surface area contributed by atoms with Crippen molar-refractivity contribution in [1.82, 2.24) is 18.9 Å². The summed E-state index contributed by atoms with van der Waals surface area (Å²) in [6, 6.07) is 6.40. The first-order chi connectivity index (χ1) is 13.8. The molecule has 0 saturated carbocycles. The molecule has 0 aliphatic carbocycles. The van der Waals surface area contributed by atoms with Gasteiger partial charge in [0.15, 0.2) is 5.82 Å². The number of rotatable bonds is 5. The number of aliphatic hydroxyl groups is 1. The van der Waals surface area contributed by atoms with E-state index in [0.29, 0.717) is 23.0 Å². The summed E-state index contributed by atoms with van der Waals surface area (Å²) < 4.78 is 17.9. The fourth-order valence-corrected chi connectivity index (χ4v) is 3.35. The van der Waals surface area contributed by atoms with Crippen LogP contribution < -0.4 is 11.2 Å². The zero-order valence-corrected chi connectivity index (χ0v) is 16.9. The molecule has 3 rings (SSSR count). The molecule has 1 N–H and O–H groups in total. The molecule has 0 amide bonds. The topological polar surface area (TPSA) is 82.1 Å². The molecule has 0 aliphatic heterocycles. The number of aliphatic hydroxyl groups excluding tert-OH is 1. The lowest BCUT2D eigenvalue weighted by atomic mass is 10.1. The number of halogens is 2. The number of fused-ring (bicyclic) bond motifs is 1. The summed E-state index contributed by atoms with van der Waals surface area (Å²) in [6.45, 7) is 4.81. The zero-order valence-electron chi connectivity index (χ0n) is 16.2. The molecule has 7 nitrogen and oxygen atoms in total. The van der Waals surface area contributed by atoms with Crippen molar-refractivity contribution in [3.63, 3.8) is 0 Å². The van der Waals surface area contributed by atoms with Crippen LogP contribution in [-0.2, 0) is 13.2 Å². The monoisotopic (exact) mass is 418 g/mol. The van der Waals surface area contributed by atoms with Crippen molar-refractivity contribution in [3.05, 3.63) is 74.1 Å². The van der Waals surface area contributed by atoms with Crippen molar-refractivity contribution in [2.75, 3.05) is 0 Å². The van der Waals surface area contributed by atoms with Gasteiger partial charge < -0.3 is 5.11 Å². The Bertz CT molecular complexity index is 1260. The fraction of sp³-hybridized carbons (Fsp3) is 0.250. The molecule has 2 aromatic heterocycles. The average Bonchev–Trinajstić information content (AvgIpc) is 3.04. The van der Waals surface area contributed by atoms with Gasteiger partial charge in [-0.3, -0.25) is 13.9 Å². The molecule has 2 heterocycles. The van der Waals surface area contributed by atoms with E-state index in [1.54, 1.807) is 31.2 Å². The number of hydrogen-bond acceptors (Lipinski definition) is 4. The lowest BCUT2D eigenvalue weighted by Crippen LogP contribution is -2.24. The summed E-state index contributed by atoms with van der Waals surface area (Å²) >= 11 is 6.01. The van der Waals surface area contributed by atoms with Gasteiger partial charge in [-0.15, -0.1) is 5.10 Å². The molecular formula is C20H20ClFN4O3. The smallest absolute Gasteiger partial charge is 0.350 e. The molecule has 0 saturated heterocycles. The predicted molar refractivity (Wildman–Crippen MR) is 111 cm³/mol. The van der Waals surface area contributed by atoms with Crippen molar-refractivity contribution in [1.29, 1.82) is 0 Å². The molecule has 0 spiro atoms. The van der Waals surface area contributed by atoms with Gasteiger partial charge in [-0.05, 0) is 56.5 Å². The highest BCUT2D eigenvalue weighted by atomic mass is 35.5. The summed E-state index contributed by atoms with van der Waals surface area (Å²) in [5.41, 5.74) is -0.396. The molecule has 0 aliphatic rings. The van der Waals surface area contributed by atoms with Crippen LogP contribution >= 0.6 is 11.6 Å². The molecule has 3 aromatic rings. The van der Waals surface area contributed by atoms with E-state index < -0.39 is 11.4 Å². The van der Waals surface area contributed by atoms with Crippen LogP contribution in [0.5, 0.6) is 0 Å². The van der Waals surface area contributed by atoms with E-state index in [1.165, 1.54) is 35.4 Å². The van der Waals surface area contributed by atoms with Crippen LogP contribution in [0.2, 0.25) is 0 Å². The second-order valence-electron chi connectivity index (χ2n) is 6.29. The Morgan fingerprint density at radius 1 is 1.31 bits per heavy atom. The molecule has 0 unspecified atom stereocenters. The molecule has 0 bridgehead atoms. The Morgan fingerprint density at radius 3 is 2.59 bits per heavy atom. The van der Waals surface area contributed by atoms with Crippen molar-refractivity contribution in [2.45, 2.75) is 33.9 Å². The number of aromatic nitrogens is 4. The Hall–Kier alpha value is -2.97. The van der Waals surface area contributed by atoms with Gasteiger partial charge in [-0.25, -0.2) is 9.18 Å². The third-order valence-corrected chi connectivity index (χ3v) is 4.75. The molecule has 0 radical (unpaired) electrons. The SMILES string of the molecule is C/C=C(F)\C(=C(/C)Cl)n1ccc2cc(-n3nc(CO)n(CC)c3=O)ccc2c1=O. The van der Waals surface area contributed by atoms with E-state index >= 15 is 0 Å². The van der Waals surface area contributed by atoms with Crippen molar-refractivity contribution in [2.24, 2.45) is 0 Å². The van der Waals surface area contributed by atoms with E-state index in [2.05, 4.69) is 5.10 Å². The normalized spacial score (nSPS) is 13.1. The standard InChI is InChI=1S/C20H20ClFN4O3/c1-4-16(22)18(12(3)21)25-9-8-13-10-14(6-7-15(13)19(25)28)26-20(29)24(5-2)17(11-27)23-26/h4,6-10,27H,5,11H2,1-3H3/b16-4+,18-12-. The second kappa shape index (κ2) is 8.18. The van der Waals surface area contributed by atoms with Crippen molar-refractivity contribution >= 4 is 28.1 Å². The van der Waals surface area contributed by atoms with Crippen molar-refractivity contribution in [3.8, 4) is 5.69 Å². The molecule has 1 aromatic carbocycles. The molecule has 9 heteroatoms. The largest absolute Gasteiger partial charge is 0.388 e. The van der Waals surface area contributed by atoms with Crippen LogP contribution in [0.4, 0.5) is 4.39 Å². The maximum atomic E-state index is 14.2. The summed E-state index contributed by atoms with van der Waals surface area (Å²) in [5.74, 6) is -0.356. The third-order valence-electron chi connectivity index (χ3n) is 4.58. The Labute approximate surface area is 170 Å². The van der Waals surface area contributed by atoms with E-state index in [0.717, 1.165) is 4.57 Å². The maximum absolute atomic E-state index is 14.2. The highest BCUT2D eigenvalue weighted by molar-refractivity contribution is 6.32. The predicted octanol–water partition coefficient (Wildman–Crippen LogP) is 3.16. The van der Waals surface area contributed by atoms with Gasteiger partial charge in [0.1, 0.15) is 12.4 Å². The lowest BCUT2D eigenvalue weighted by molar-refractivity contribution is 0.264. The van der Waals surface area contributed by atoms with E-state index in [1.807, 2.05) is 0 Å². The van der Waals surface area contributed by atoms with E-state index in [-0.39, 0.29) is 28.9 Å². The highest BCUT2D eigenvalue weighted by Gasteiger charge is 2.16. The maximum Gasteiger partial charge on any atom is 0.350 e. The van der Waals surface area contributed by atoms with Crippen molar-refractivity contribution < 1.29 is 9.50 Å². The zero-order chi connectivity index (χ0) is 21.3. The highest BCUT2D eigenvalue weighted by Crippen LogP contribution is 2.24. The van der Waals surface area contributed by atoms with Crippen LogP contribution in [0.3, 0.4) is 0 Å². The third kappa shape index (κ3) is 3.56. The quantitative estimate of drug-likeness (QED) is 0.645. The van der Waals surface area contributed by atoms with Gasteiger partial charge in [0.25, 0.3) is 5.56 Å². The Kier molecular flexibility index (Phi) is 5.86. The minimum atomic E-state index is -0.608. The Morgan fingerprint density at radius 2 is 2.03 bits per heavy atom. The van der Waals surface area contributed by atoms with Gasteiger partial charge in [-0.1, -0.05) is 11.6 Å². The molecule has 29 heavy (non-hydrogen) atoms. The Balaban J connectivity index is 2.20. The van der Waals surface area contributed by atoms with E-state index in [4.69, 9.17) is 11.6 Å². The van der Waals surface area contributed by atoms with Gasteiger partial charge in [0, 0.05) is 23.2 Å². The minimum Gasteiger partial charge on any atom is -0.388 e. The first-order valence-corrected chi connectivity index (χ1v) is 9.36. The summed E-state index contributed by atoms with van der Waals surface area (Å²) in [4.78, 5) is 25.4. The number of hydrogen-bond donors (Lipinski definition) is 1. The second-order valence-corrected chi connectivity index (χ2v) is 6.86. The molecule has 0 atom stereocenters. The van der Waals surface area contributed by atoms with E-state index in [9.17, 15) is 19.1 Å². The first kappa shape index (κ1) is 20.8. The lowest BCUT2D eigenvalue weighted by Gasteiger charge is -2.12. The first-order valence-electron chi connectivity index (χ1n) is 8.98. The van der Waals surface area contributed by atoms with Gasteiger partial charge in [0.05, 0.1) is 11.4 Å². The molecular weight excluding hydrogens is 399 g/mol. The molecule has 152 valence electrons.